The SMILES string of the molecule is Cc1ccccc1C(O)Cc1ccc(Br)cc1Cl. The Morgan fingerprint density at radius 3 is 2.61 bits per heavy atom. The van der Waals surface area contributed by atoms with Crippen molar-refractivity contribution in [1.29, 1.82) is 0 Å². The fourth-order valence-electron chi connectivity index (χ4n) is 1.97. The average molecular weight is 326 g/mol. The minimum atomic E-state index is -0.523. The highest BCUT2D eigenvalue weighted by atomic mass is 79.9. The Kier molecular flexibility index (Phi) is 4.44. The van der Waals surface area contributed by atoms with Gasteiger partial charge in [-0.2, -0.15) is 0 Å². The molecule has 0 saturated carbocycles. The average Bonchev–Trinajstić information content (AvgIpc) is 2.33. The van der Waals surface area contributed by atoms with Crippen LogP contribution in [0.5, 0.6) is 0 Å². The maximum absolute atomic E-state index is 10.3. The molecule has 0 aliphatic rings. The lowest BCUT2D eigenvalue weighted by Gasteiger charge is -2.14. The van der Waals surface area contributed by atoms with E-state index in [2.05, 4.69) is 15.9 Å². The van der Waals surface area contributed by atoms with Crippen LogP contribution < -0.4 is 0 Å². The number of benzene rings is 2. The first-order valence-corrected chi connectivity index (χ1v) is 6.92. The molecule has 3 heteroatoms. The minimum absolute atomic E-state index is 0.523. The summed E-state index contributed by atoms with van der Waals surface area (Å²) >= 11 is 9.53. The molecule has 2 aromatic rings. The van der Waals surface area contributed by atoms with Crippen LogP contribution in [-0.2, 0) is 6.42 Å². The third kappa shape index (κ3) is 3.14. The summed E-state index contributed by atoms with van der Waals surface area (Å²) in [7, 11) is 0. The highest BCUT2D eigenvalue weighted by Crippen LogP contribution is 2.27. The molecule has 0 saturated heterocycles. The molecule has 18 heavy (non-hydrogen) atoms. The van der Waals surface area contributed by atoms with Crippen molar-refractivity contribution in [2.24, 2.45) is 0 Å². The fraction of sp³-hybridized carbons (Fsp3) is 0.200. The normalized spacial score (nSPS) is 12.4. The Balaban J connectivity index is 2.21. The van der Waals surface area contributed by atoms with E-state index >= 15 is 0 Å². The molecule has 2 aromatic carbocycles. The molecule has 0 radical (unpaired) electrons. The zero-order valence-electron chi connectivity index (χ0n) is 10.0. The van der Waals surface area contributed by atoms with Crippen molar-refractivity contribution < 1.29 is 5.11 Å². The van der Waals surface area contributed by atoms with Crippen LogP contribution in [0.3, 0.4) is 0 Å². The maximum Gasteiger partial charge on any atom is 0.0833 e. The van der Waals surface area contributed by atoms with Gasteiger partial charge in [0.15, 0.2) is 0 Å². The number of aliphatic hydroxyl groups excluding tert-OH is 1. The molecule has 0 bridgehead atoms. The number of halogens is 2. The molecule has 0 aromatic heterocycles. The van der Waals surface area contributed by atoms with Gasteiger partial charge in [0.2, 0.25) is 0 Å². The van der Waals surface area contributed by atoms with Gasteiger partial charge in [-0.25, -0.2) is 0 Å². The fourth-order valence-corrected chi connectivity index (χ4v) is 2.72. The van der Waals surface area contributed by atoms with Crippen LogP contribution in [-0.4, -0.2) is 5.11 Å². The van der Waals surface area contributed by atoms with Crippen LogP contribution in [0.4, 0.5) is 0 Å². The molecule has 2 rings (SSSR count). The van der Waals surface area contributed by atoms with E-state index in [0.29, 0.717) is 11.4 Å². The van der Waals surface area contributed by atoms with E-state index in [-0.39, 0.29) is 0 Å². The number of rotatable bonds is 3. The van der Waals surface area contributed by atoms with E-state index in [9.17, 15) is 5.11 Å². The summed E-state index contributed by atoms with van der Waals surface area (Å²) in [5, 5.41) is 11.0. The topological polar surface area (TPSA) is 20.2 Å². The largest absolute Gasteiger partial charge is 0.388 e. The first-order valence-electron chi connectivity index (χ1n) is 5.75. The number of aryl methyl sites for hydroxylation is 1. The van der Waals surface area contributed by atoms with E-state index in [1.165, 1.54) is 0 Å². The van der Waals surface area contributed by atoms with Crippen molar-refractivity contribution in [2.75, 3.05) is 0 Å². The number of hydrogen-bond acceptors (Lipinski definition) is 1. The van der Waals surface area contributed by atoms with Crippen LogP contribution in [0.1, 0.15) is 22.8 Å². The lowest BCUT2D eigenvalue weighted by atomic mass is 9.98. The Morgan fingerprint density at radius 2 is 1.94 bits per heavy atom. The monoisotopic (exact) mass is 324 g/mol. The molecule has 0 spiro atoms. The van der Waals surface area contributed by atoms with Crippen LogP contribution >= 0.6 is 27.5 Å². The van der Waals surface area contributed by atoms with Gasteiger partial charge in [-0.15, -0.1) is 0 Å². The molecular formula is C15H14BrClO. The van der Waals surface area contributed by atoms with Gasteiger partial charge in [-0.05, 0) is 35.7 Å². The molecule has 0 amide bonds. The molecule has 94 valence electrons. The lowest BCUT2D eigenvalue weighted by molar-refractivity contribution is 0.178. The molecule has 0 aliphatic carbocycles. The van der Waals surface area contributed by atoms with E-state index in [0.717, 1.165) is 21.2 Å². The summed E-state index contributed by atoms with van der Waals surface area (Å²) in [5.41, 5.74) is 3.00. The first-order chi connectivity index (χ1) is 8.58. The summed E-state index contributed by atoms with van der Waals surface area (Å²) in [6, 6.07) is 13.6. The second kappa shape index (κ2) is 5.87. The van der Waals surface area contributed by atoms with Crippen LogP contribution in [0, 0.1) is 6.92 Å². The highest BCUT2D eigenvalue weighted by Gasteiger charge is 2.12. The van der Waals surface area contributed by atoms with Crippen molar-refractivity contribution in [3.63, 3.8) is 0 Å². The summed E-state index contributed by atoms with van der Waals surface area (Å²) in [5.74, 6) is 0. The van der Waals surface area contributed by atoms with Crippen molar-refractivity contribution in [1.82, 2.24) is 0 Å². The highest BCUT2D eigenvalue weighted by molar-refractivity contribution is 9.10. The zero-order chi connectivity index (χ0) is 13.1. The van der Waals surface area contributed by atoms with Gasteiger partial charge in [-0.3, -0.25) is 0 Å². The van der Waals surface area contributed by atoms with Crippen LogP contribution in [0.2, 0.25) is 5.02 Å². The molecule has 1 atom stereocenters. The second-order valence-corrected chi connectivity index (χ2v) is 5.64. The predicted molar refractivity (Wildman–Crippen MR) is 79.0 cm³/mol. The summed E-state index contributed by atoms with van der Waals surface area (Å²) in [4.78, 5) is 0. The summed E-state index contributed by atoms with van der Waals surface area (Å²) in [6.45, 7) is 2.00. The number of hydrogen-bond donors (Lipinski definition) is 1. The summed E-state index contributed by atoms with van der Waals surface area (Å²) < 4.78 is 0.946. The Hall–Kier alpha value is -0.830. The second-order valence-electron chi connectivity index (χ2n) is 4.31. The van der Waals surface area contributed by atoms with Crippen molar-refractivity contribution in [2.45, 2.75) is 19.4 Å². The van der Waals surface area contributed by atoms with Crippen LogP contribution in [0.15, 0.2) is 46.9 Å². The van der Waals surface area contributed by atoms with Gasteiger partial charge in [0.05, 0.1) is 6.10 Å². The van der Waals surface area contributed by atoms with Crippen molar-refractivity contribution in [3.8, 4) is 0 Å². The van der Waals surface area contributed by atoms with Gasteiger partial charge in [0, 0.05) is 15.9 Å². The maximum atomic E-state index is 10.3. The molecule has 0 fully saturated rings. The molecule has 0 heterocycles. The van der Waals surface area contributed by atoms with E-state index in [1.807, 2.05) is 49.4 Å². The van der Waals surface area contributed by atoms with Gasteiger partial charge < -0.3 is 5.11 Å². The quantitative estimate of drug-likeness (QED) is 0.868. The van der Waals surface area contributed by atoms with Crippen molar-refractivity contribution >= 4 is 27.5 Å². The molecule has 1 unspecified atom stereocenters. The van der Waals surface area contributed by atoms with E-state index < -0.39 is 6.10 Å². The Bertz CT molecular complexity index is 554. The number of aliphatic hydroxyl groups is 1. The Labute approximate surface area is 121 Å². The van der Waals surface area contributed by atoms with Gasteiger partial charge in [0.1, 0.15) is 0 Å². The smallest absolute Gasteiger partial charge is 0.0833 e. The Morgan fingerprint density at radius 1 is 1.22 bits per heavy atom. The minimum Gasteiger partial charge on any atom is -0.388 e. The third-order valence-corrected chi connectivity index (χ3v) is 3.82. The lowest BCUT2D eigenvalue weighted by Crippen LogP contribution is -2.04. The van der Waals surface area contributed by atoms with E-state index in [1.54, 1.807) is 0 Å². The molecule has 1 nitrogen and oxygen atoms in total. The third-order valence-electron chi connectivity index (χ3n) is 2.98. The first kappa shape index (κ1) is 13.6. The predicted octanol–water partition coefficient (Wildman–Crippen LogP) is 4.69. The van der Waals surface area contributed by atoms with E-state index in [4.69, 9.17) is 11.6 Å². The summed E-state index contributed by atoms with van der Waals surface area (Å²) in [6.07, 6.45) is 0.00151. The van der Waals surface area contributed by atoms with Gasteiger partial charge in [-0.1, -0.05) is 57.9 Å². The van der Waals surface area contributed by atoms with Crippen LogP contribution in [0.25, 0.3) is 0 Å². The zero-order valence-corrected chi connectivity index (χ0v) is 12.4. The molecular weight excluding hydrogens is 312 g/mol. The van der Waals surface area contributed by atoms with Gasteiger partial charge >= 0.3 is 0 Å². The molecule has 1 N–H and O–H groups in total. The van der Waals surface area contributed by atoms with Crippen molar-refractivity contribution in [3.05, 3.63) is 68.7 Å². The molecule has 0 aliphatic heterocycles. The standard InChI is InChI=1S/C15H14BrClO/c1-10-4-2-3-5-13(10)15(18)8-11-6-7-12(16)9-14(11)17/h2-7,9,15,18H,8H2,1H3. The van der Waals surface area contributed by atoms with Gasteiger partial charge in [0.25, 0.3) is 0 Å².